The minimum atomic E-state index is -1.18. The van der Waals surface area contributed by atoms with Crippen LogP contribution < -0.4 is 20.1 Å². The van der Waals surface area contributed by atoms with Crippen LogP contribution in [0.15, 0.2) is 42.5 Å². The molecular weight excluding hydrogens is 394 g/mol. The Kier molecular flexibility index (Phi) is 8.12. The van der Waals surface area contributed by atoms with Gasteiger partial charge in [-0.15, -0.1) is 0 Å². The normalized spacial score (nSPS) is 11.4. The van der Waals surface area contributed by atoms with E-state index in [2.05, 4.69) is 10.6 Å². The number of nitro benzene ring substituents is 1. The summed E-state index contributed by atoms with van der Waals surface area (Å²) in [5.74, 6) is -0.833. The Labute approximate surface area is 173 Å². The number of benzene rings is 2. The number of nitrogens with zero attached hydrogens (tertiary/aromatic N) is 1. The van der Waals surface area contributed by atoms with Gasteiger partial charge < -0.3 is 25.2 Å². The van der Waals surface area contributed by atoms with Gasteiger partial charge in [0.2, 0.25) is 5.91 Å². The Hall–Kier alpha value is -3.66. The first-order valence-electron chi connectivity index (χ1n) is 9.05. The SMILES string of the molecule is COc1ccc(CCNC(CC(=O)Nc2cc([N+](=O)[O-])ccc2OC)C(=O)O)cc1. The standard InChI is InChI=1S/C20H23N3O7/c1-29-15-6-3-13(4-7-15)9-10-21-17(20(25)26)12-19(24)22-16-11-14(23(27)28)5-8-18(16)30-2/h3-8,11,17,21H,9-10,12H2,1-2H3,(H,22,24)(H,25,26). The number of nitrogens with one attached hydrogen (secondary N) is 2. The third-order valence-corrected chi connectivity index (χ3v) is 4.32. The van der Waals surface area contributed by atoms with Crippen molar-refractivity contribution in [2.75, 3.05) is 26.1 Å². The molecule has 0 saturated carbocycles. The second kappa shape index (κ2) is 10.8. The van der Waals surface area contributed by atoms with E-state index in [0.717, 1.165) is 17.4 Å². The molecule has 3 N–H and O–H groups in total. The minimum absolute atomic E-state index is 0.0964. The first-order chi connectivity index (χ1) is 14.3. The Balaban J connectivity index is 1.95. The van der Waals surface area contributed by atoms with E-state index < -0.39 is 22.8 Å². The number of hydrogen-bond acceptors (Lipinski definition) is 7. The summed E-state index contributed by atoms with van der Waals surface area (Å²) in [5, 5.41) is 25.6. The highest BCUT2D eigenvalue weighted by Crippen LogP contribution is 2.29. The number of carboxylic acids is 1. The van der Waals surface area contributed by atoms with Gasteiger partial charge in [0.05, 0.1) is 31.3 Å². The van der Waals surface area contributed by atoms with Crippen molar-refractivity contribution in [2.45, 2.75) is 18.9 Å². The highest BCUT2D eigenvalue weighted by Gasteiger charge is 2.22. The number of carboxylic acid groups (broad SMARTS) is 1. The average Bonchev–Trinajstić information content (AvgIpc) is 2.73. The molecule has 1 atom stereocenters. The van der Waals surface area contributed by atoms with Crippen molar-refractivity contribution in [1.29, 1.82) is 0 Å². The Morgan fingerprint density at radius 1 is 1.13 bits per heavy atom. The number of rotatable bonds is 11. The fourth-order valence-corrected chi connectivity index (χ4v) is 2.72. The van der Waals surface area contributed by atoms with Crippen LogP contribution in [0, 0.1) is 10.1 Å². The average molecular weight is 417 g/mol. The zero-order valence-corrected chi connectivity index (χ0v) is 16.6. The van der Waals surface area contributed by atoms with E-state index in [0.29, 0.717) is 13.0 Å². The lowest BCUT2D eigenvalue weighted by atomic mass is 10.1. The van der Waals surface area contributed by atoms with E-state index in [1.165, 1.54) is 19.2 Å². The van der Waals surface area contributed by atoms with Gasteiger partial charge >= 0.3 is 5.97 Å². The van der Waals surface area contributed by atoms with Gasteiger partial charge in [-0.2, -0.15) is 0 Å². The zero-order valence-electron chi connectivity index (χ0n) is 16.6. The molecular formula is C20H23N3O7. The predicted octanol–water partition coefficient (Wildman–Crippen LogP) is 2.23. The summed E-state index contributed by atoms with van der Waals surface area (Å²) in [7, 11) is 2.93. The number of ether oxygens (including phenoxy) is 2. The molecule has 0 aliphatic rings. The van der Waals surface area contributed by atoms with Crippen LogP contribution in [-0.4, -0.2) is 48.7 Å². The van der Waals surface area contributed by atoms with Crippen LogP contribution in [0.25, 0.3) is 0 Å². The van der Waals surface area contributed by atoms with Crippen LogP contribution >= 0.6 is 0 Å². The van der Waals surface area contributed by atoms with Gasteiger partial charge in [0.25, 0.3) is 5.69 Å². The van der Waals surface area contributed by atoms with Crippen molar-refractivity contribution in [1.82, 2.24) is 5.32 Å². The van der Waals surface area contributed by atoms with Gasteiger partial charge in [0.1, 0.15) is 17.5 Å². The molecule has 1 unspecified atom stereocenters. The number of aliphatic carboxylic acids is 1. The molecule has 0 spiro atoms. The van der Waals surface area contributed by atoms with E-state index in [4.69, 9.17) is 9.47 Å². The fraction of sp³-hybridized carbons (Fsp3) is 0.300. The monoisotopic (exact) mass is 417 g/mol. The number of hydrogen-bond donors (Lipinski definition) is 3. The number of carbonyl (C=O) groups is 2. The lowest BCUT2D eigenvalue weighted by Gasteiger charge is -2.15. The minimum Gasteiger partial charge on any atom is -0.497 e. The van der Waals surface area contributed by atoms with Crippen molar-refractivity contribution < 1.29 is 29.1 Å². The number of non-ortho nitro benzene ring substituents is 1. The first-order valence-corrected chi connectivity index (χ1v) is 9.05. The molecule has 0 heterocycles. The van der Waals surface area contributed by atoms with Crippen LogP contribution in [0.2, 0.25) is 0 Å². The third-order valence-electron chi connectivity index (χ3n) is 4.32. The topological polar surface area (TPSA) is 140 Å². The van der Waals surface area contributed by atoms with Gasteiger partial charge in [0.15, 0.2) is 0 Å². The van der Waals surface area contributed by atoms with Crippen molar-refractivity contribution in [3.05, 3.63) is 58.1 Å². The molecule has 0 bridgehead atoms. The quantitative estimate of drug-likeness (QED) is 0.373. The lowest BCUT2D eigenvalue weighted by molar-refractivity contribution is -0.384. The lowest BCUT2D eigenvalue weighted by Crippen LogP contribution is -2.40. The molecule has 1 amide bonds. The summed E-state index contributed by atoms with van der Waals surface area (Å²) < 4.78 is 10.2. The largest absolute Gasteiger partial charge is 0.497 e. The number of amides is 1. The molecule has 10 nitrogen and oxygen atoms in total. The third kappa shape index (κ3) is 6.45. The van der Waals surface area contributed by atoms with Gasteiger partial charge in [-0.25, -0.2) is 0 Å². The number of methoxy groups -OCH3 is 2. The van der Waals surface area contributed by atoms with E-state index in [9.17, 15) is 24.8 Å². The second-order valence-corrected chi connectivity index (χ2v) is 6.34. The summed E-state index contributed by atoms with van der Waals surface area (Å²) in [6.07, 6.45) is 0.206. The van der Waals surface area contributed by atoms with E-state index in [1.807, 2.05) is 24.3 Å². The van der Waals surface area contributed by atoms with Crippen molar-refractivity contribution in [3.8, 4) is 11.5 Å². The molecule has 10 heteroatoms. The highest BCUT2D eigenvalue weighted by atomic mass is 16.6. The Bertz CT molecular complexity index is 900. The predicted molar refractivity (Wildman–Crippen MR) is 109 cm³/mol. The van der Waals surface area contributed by atoms with Gasteiger partial charge in [-0.05, 0) is 36.7 Å². The van der Waals surface area contributed by atoms with Crippen molar-refractivity contribution in [2.24, 2.45) is 0 Å². The number of carbonyl (C=O) groups excluding carboxylic acids is 1. The molecule has 30 heavy (non-hydrogen) atoms. The molecule has 0 fully saturated rings. The van der Waals surface area contributed by atoms with Crippen LogP contribution in [0.5, 0.6) is 11.5 Å². The molecule has 0 radical (unpaired) electrons. The maximum atomic E-state index is 12.3. The summed E-state index contributed by atoms with van der Waals surface area (Å²) in [6, 6.07) is 10.0. The molecule has 2 aromatic carbocycles. The van der Waals surface area contributed by atoms with Crippen LogP contribution in [0.1, 0.15) is 12.0 Å². The van der Waals surface area contributed by atoms with E-state index in [-0.39, 0.29) is 23.5 Å². The maximum Gasteiger partial charge on any atom is 0.321 e. The van der Waals surface area contributed by atoms with Crippen molar-refractivity contribution >= 4 is 23.3 Å². The Morgan fingerprint density at radius 2 is 1.83 bits per heavy atom. The molecule has 0 saturated heterocycles. The van der Waals surface area contributed by atoms with Gasteiger partial charge in [0, 0.05) is 12.1 Å². The number of anilines is 1. The molecule has 2 aromatic rings. The summed E-state index contributed by atoms with van der Waals surface area (Å²) in [5.41, 5.74) is 0.857. The van der Waals surface area contributed by atoms with E-state index >= 15 is 0 Å². The second-order valence-electron chi connectivity index (χ2n) is 6.34. The summed E-state index contributed by atoms with van der Waals surface area (Å²) in [6.45, 7) is 0.344. The molecule has 160 valence electrons. The highest BCUT2D eigenvalue weighted by molar-refractivity contribution is 5.95. The zero-order chi connectivity index (χ0) is 22.1. The number of nitro groups is 1. The van der Waals surface area contributed by atoms with Gasteiger partial charge in [-0.3, -0.25) is 19.7 Å². The van der Waals surface area contributed by atoms with Gasteiger partial charge in [-0.1, -0.05) is 12.1 Å². The fourth-order valence-electron chi connectivity index (χ4n) is 2.72. The summed E-state index contributed by atoms with van der Waals surface area (Å²) in [4.78, 5) is 34.2. The smallest absolute Gasteiger partial charge is 0.321 e. The van der Waals surface area contributed by atoms with Crippen LogP contribution in [-0.2, 0) is 16.0 Å². The summed E-state index contributed by atoms with van der Waals surface area (Å²) >= 11 is 0. The first kappa shape index (κ1) is 22.6. The molecule has 0 aliphatic carbocycles. The molecule has 2 rings (SSSR count). The Morgan fingerprint density at radius 3 is 2.40 bits per heavy atom. The van der Waals surface area contributed by atoms with Crippen LogP contribution in [0.4, 0.5) is 11.4 Å². The molecule has 0 aromatic heterocycles. The molecule has 0 aliphatic heterocycles. The maximum absolute atomic E-state index is 12.3. The van der Waals surface area contributed by atoms with Crippen molar-refractivity contribution in [3.63, 3.8) is 0 Å². The van der Waals surface area contributed by atoms with E-state index in [1.54, 1.807) is 7.11 Å². The van der Waals surface area contributed by atoms with Crippen LogP contribution in [0.3, 0.4) is 0 Å².